The summed E-state index contributed by atoms with van der Waals surface area (Å²) in [6.07, 6.45) is 3.26. The zero-order valence-corrected chi connectivity index (χ0v) is 13.8. The molecule has 6 nitrogen and oxygen atoms in total. The summed E-state index contributed by atoms with van der Waals surface area (Å²) in [5.41, 5.74) is 14.2. The lowest BCUT2D eigenvalue weighted by atomic mass is 10.1. The van der Waals surface area contributed by atoms with Gasteiger partial charge in [-0.2, -0.15) is 0 Å². The molecule has 0 unspecified atom stereocenters. The van der Waals surface area contributed by atoms with Crippen LogP contribution in [-0.2, 0) is 6.42 Å². The van der Waals surface area contributed by atoms with Gasteiger partial charge in [-0.15, -0.1) is 0 Å². The Morgan fingerprint density at radius 3 is 2.60 bits per heavy atom. The Kier molecular flexibility index (Phi) is 4.01. The number of nitrogen functional groups attached to an aromatic ring is 2. The Bertz CT molecular complexity index is 869. The third-order valence-corrected chi connectivity index (χ3v) is 4.26. The van der Waals surface area contributed by atoms with E-state index >= 15 is 0 Å². The van der Waals surface area contributed by atoms with E-state index in [2.05, 4.69) is 22.3 Å². The molecule has 2 aromatic heterocycles. The van der Waals surface area contributed by atoms with E-state index in [1.807, 2.05) is 18.2 Å². The van der Waals surface area contributed by atoms with Crippen LogP contribution < -0.4 is 16.2 Å². The minimum Gasteiger partial charge on any atom is -0.493 e. The number of nitrogens with zero attached hydrogens (tertiary/aromatic N) is 2. The van der Waals surface area contributed by atoms with Gasteiger partial charge in [0.1, 0.15) is 17.4 Å². The lowest BCUT2D eigenvalue weighted by molar-refractivity contribution is 0.299. The van der Waals surface area contributed by atoms with Gasteiger partial charge in [-0.1, -0.05) is 17.3 Å². The highest BCUT2D eigenvalue weighted by Crippen LogP contribution is 2.30. The van der Waals surface area contributed by atoms with Crippen molar-refractivity contribution in [3.05, 3.63) is 53.7 Å². The normalized spacial score (nSPS) is 13.8. The van der Waals surface area contributed by atoms with Crippen LogP contribution in [0.2, 0.25) is 0 Å². The minimum atomic E-state index is 0.333. The third-order valence-electron chi connectivity index (χ3n) is 4.26. The maximum absolute atomic E-state index is 5.89. The molecule has 0 aliphatic heterocycles. The fourth-order valence-electron chi connectivity index (χ4n) is 2.63. The number of hydrogen-bond donors (Lipinski definition) is 2. The summed E-state index contributed by atoms with van der Waals surface area (Å²) in [6, 6.07) is 13.5. The first-order valence-corrected chi connectivity index (χ1v) is 8.37. The Morgan fingerprint density at radius 2 is 1.88 bits per heavy atom. The van der Waals surface area contributed by atoms with Crippen molar-refractivity contribution < 1.29 is 9.26 Å². The van der Waals surface area contributed by atoms with Crippen molar-refractivity contribution in [1.82, 2.24) is 10.1 Å². The van der Waals surface area contributed by atoms with Crippen LogP contribution >= 0.6 is 0 Å². The van der Waals surface area contributed by atoms with Crippen molar-refractivity contribution in [1.29, 1.82) is 0 Å². The Morgan fingerprint density at radius 1 is 1.08 bits per heavy atom. The predicted octanol–water partition coefficient (Wildman–Crippen LogP) is 3.28. The number of nitrogens with two attached hydrogens (primary N) is 2. The summed E-state index contributed by atoms with van der Waals surface area (Å²) in [5.74, 6) is 2.97. The fourth-order valence-corrected chi connectivity index (χ4v) is 2.63. The zero-order chi connectivity index (χ0) is 17.2. The highest BCUT2D eigenvalue weighted by Gasteiger charge is 2.21. The fraction of sp³-hybridized carbons (Fsp3) is 0.263. The highest BCUT2D eigenvalue weighted by molar-refractivity contribution is 5.71. The predicted molar refractivity (Wildman–Crippen MR) is 96.0 cm³/mol. The standard InChI is InChI=1S/C19H20N4O2/c20-18-8-7-16(19(21)22-18)17-10-14(23-25-17)9-12-3-5-15(6-4-12)24-11-13-1-2-13/h3-8,10,13H,1-2,9,11H2,(H4,20,21,22). The Hall–Kier alpha value is -3.02. The van der Waals surface area contributed by atoms with E-state index in [4.69, 9.17) is 20.7 Å². The third kappa shape index (κ3) is 3.74. The summed E-state index contributed by atoms with van der Waals surface area (Å²) in [7, 11) is 0. The van der Waals surface area contributed by atoms with Gasteiger partial charge in [0.15, 0.2) is 5.76 Å². The molecule has 0 bridgehead atoms. The summed E-state index contributed by atoms with van der Waals surface area (Å²) in [5, 5.41) is 4.12. The van der Waals surface area contributed by atoms with E-state index in [-0.39, 0.29) is 0 Å². The number of hydrogen-bond acceptors (Lipinski definition) is 6. The van der Waals surface area contributed by atoms with Crippen molar-refractivity contribution in [2.75, 3.05) is 18.1 Å². The maximum Gasteiger partial charge on any atom is 0.170 e. The SMILES string of the molecule is Nc1ccc(-c2cc(Cc3ccc(OCC4CC4)cc3)no2)c(N)n1. The van der Waals surface area contributed by atoms with E-state index in [1.165, 1.54) is 12.8 Å². The van der Waals surface area contributed by atoms with Crippen molar-refractivity contribution in [2.24, 2.45) is 5.92 Å². The van der Waals surface area contributed by atoms with Gasteiger partial charge < -0.3 is 20.7 Å². The molecule has 1 aromatic carbocycles. The average Bonchev–Trinajstić information content (AvgIpc) is 3.32. The van der Waals surface area contributed by atoms with Gasteiger partial charge >= 0.3 is 0 Å². The number of ether oxygens (including phenoxy) is 1. The van der Waals surface area contributed by atoms with Crippen molar-refractivity contribution in [3.63, 3.8) is 0 Å². The van der Waals surface area contributed by atoms with Gasteiger partial charge in [-0.05, 0) is 48.6 Å². The molecule has 1 aliphatic carbocycles. The first kappa shape index (κ1) is 15.5. The highest BCUT2D eigenvalue weighted by atomic mass is 16.5. The molecule has 0 amide bonds. The molecule has 1 saturated carbocycles. The molecule has 25 heavy (non-hydrogen) atoms. The number of benzene rings is 1. The number of rotatable bonds is 6. The summed E-state index contributed by atoms with van der Waals surface area (Å²) >= 11 is 0. The van der Waals surface area contributed by atoms with Crippen LogP contribution in [0.4, 0.5) is 11.6 Å². The summed E-state index contributed by atoms with van der Waals surface area (Å²) in [4.78, 5) is 4.04. The van der Waals surface area contributed by atoms with Crippen LogP contribution in [0.1, 0.15) is 24.1 Å². The van der Waals surface area contributed by atoms with Gasteiger partial charge in [0.2, 0.25) is 0 Å². The largest absolute Gasteiger partial charge is 0.493 e. The van der Waals surface area contributed by atoms with Crippen LogP contribution in [0.15, 0.2) is 47.0 Å². The second-order valence-corrected chi connectivity index (χ2v) is 6.43. The van der Waals surface area contributed by atoms with Crippen LogP contribution in [0.5, 0.6) is 5.75 Å². The molecular formula is C19H20N4O2. The van der Waals surface area contributed by atoms with Gasteiger partial charge in [0.05, 0.1) is 17.9 Å². The van der Waals surface area contributed by atoms with Gasteiger partial charge in [0.25, 0.3) is 0 Å². The minimum absolute atomic E-state index is 0.333. The first-order chi connectivity index (χ1) is 12.2. The molecule has 4 N–H and O–H groups in total. The Balaban J connectivity index is 1.43. The molecule has 0 spiro atoms. The van der Waals surface area contributed by atoms with Crippen LogP contribution in [-0.4, -0.2) is 16.7 Å². The van der Waals surface area contributed by atoms with Gasteiger partial charge in [-0.25, -0.2) is 4.98 Å². The lowest BCUT2D eigenvalue weighted by Crippen LogP contribution is -1.98. The number of anilines is 2. The molecule has 1 fully saturated rings. The summed E-state index contributed by atoms with van der Waals surface area (Å²) < 4.78 is 11.2. The zero-order valence-electron chi connectivity index (χ0n) is 13.8. The average molecular weight is 336 g/mol. The smallest absolute Gasteiger partial charge is 0.170 e. The van der Waals surface area contributed by atoms with Gasteiger partial charge in [-0.3, -0.25) is 0 Å². The molecule has 1 aliphatic rings. The van der Waals surface area contributed by atoms with E-state index in [0.717, 1.165) is 29.5 Å². The monoisotopic (exact) mass is 336 g/mol. The number of pyridine rings is 1. The van der Waals surface area contributed by atoms with E-state index in [0.29, 0.717) is 29.4 Å². The van der Waals surface area contributed by atoms with Crippen molar-refractivity contribution >= 4 is 11.6 Å². The molecule has 128 valence electrons. The quantitative estimate of drug-likeness (QED) is 0.716. The maximum atomic E-state index is 5.89. The topological polar surface area (TPSA) is 100 Å². The summed E-state index contributed by atoms with van der Waals surface area (Å²) in [6.45, 7) is 0.822. The second-order valence-electron chi connectivity index (χ2n) is 6.43. The van der Waals surface area contributed by atoms with E-state index in [9.17, 15) is 0 Å². The molecule has 0 atom stereocenters. The molecule has 3 aromatic rings. The van der Waals surface area contributed by atoms with E-state index < -0.39 is 0 Å². The molecule has 0 radical (unpaired) electrons. The lowest BCUT2D eigenvalue weighted by Gasteiger charge is -2.05. The molecular weight excluding hydrogens is 316 g/mol. The van der Waals surface area contributed by atoms with Crippen LogP contribution in [0.25, 0.3) is 11.3 Å². The van der Waals surface area contributed by atoms with E-state index in [1.54, 1.807) is 12.1 Å². The molecule has 0 saturated heterocycles. The van der Waals surface area contributed by atoms with Crippen LogP contribution in [0.3, 0.4) is 0 Å². The first-order valence-electron chi connectivity index (χ1n) is 8.37. The molecule has 4 rings (SSSR count). The van der Waals surface area contributed by atoms with Gasteiger partial charge in [0, 0.05) is 12.5 Å². The Labute approximate surface area is 145 Å². The number of aromatic nitrogens is 2. The van der Waals surface area contributed by atoms with Crippen molar-refractivity contribution in [3.8, 4) is 17.1 Å². The molecule has 2 heterocycles. The van der Waals surface area contributed by atoms with Crippen LogP contribution in [0, 0.1) is 5.92 Å². The molecule has 6 heteroatoms. The van der Waals surface area contributed by atoms with Crippen molar-refractivity contribution in [2.45, 2.75) is 19.3 Å². The second kappa shape index (κ2) is 6.47.